The van der Waals surface area contributed by atoms with E-state index in [2.05, 4.69) is 46.9 Å². The van der Waals surface area contributed by atoms with Crippen molar-refractivity contribution in [2.24, 2.45) is 0 Å². The summed E-state index contributed by atoms with van der Waals surface area (Å²) in [6, 6.07) is 8.66. The number of aromatic nitrogens is 2. The molecule has 130 valence electrons. The minimum absolute atomic E-state index is 1.05. The van der Waals surface area contributed by atoms with E-state index in [1.54, 1.807) is 0 Å². The summed E-state index contributed by atoms with van der Waals surface area (Å²) >= 11 is 0. The maximum atomic E-state index is 4.25. The highest BCUT2D eigenvalue weighted by atomic mass is 15.3. The average Bonchev–Trinajstić information content (AvgIpc) is 3.11. The lowest BCUT2D eigenvalue weighted by atomic mass is 10.1. The molecular formula is C20H30N4. The molecule has 0 N–H and O–H groups in total. The van der Waals surface area contributed by atoms with Gasteiger partial charge in [-0.25, -0.2) is 0 Å². The van der Waals surface area contributed by atoms with Crippen LogP contribution in [0.2, 0.25) is 0 Å². The number of rotatable bonds is 7. The minimum Gasteiger partial charge on any atom is -0.369 e. The Morgan fingerprint density at radius 1 is 0.917 bits per heavy atom. The van der Waals surface area contributed by atoms with Gasteiger partial charge in [-0.2, -0.15) is 5.10 Å². The van der Waals surface area contributed by atoms with Crippen LogP contribution >= 0.6 is 0 Å². The fourth-order valence-corrected chi connectivity index (χ4v) is 3.51. The summed E-state index contributed by atoms with van der Waals surface area (Å²) in [5.41, 5.74) is 4.26. The number of benzene rings is 1. The summed E-state index contributed by atoms with van der Waals surface area (Å²) in [5.74, 6) is 0. The number of hydrogen-bond acceptors (Lipinski definition) is 3. The number of nitrogens with zero attached hydrogens (tertiary/aromatic N) is 4. The van der Waals surface area contributed by atoms with Gasteiger partial charge in [-0.1, -0.05) is 18.6 Å². The van der Waals surface area contributed by atoms with Crippen LogP contribution in [0.15, 0.2) is 36.7 Å². The van der Waals surface area contributed by atoms with Crippen LogP contribution < -0.4 is 4.90 Å². The van der Waals surface area contributed by atoms with Gasteiger partial charge in [0.1, 0.15) is 0 Å². The number of piperazine rings is 1. The molecule has 3 rings (SSSR count). The lowest BCUT2D eigenvalue weighted by Crippen LogP contribution is -2.46. The molecule has 24 heavy (non-hydrogen) atoms. The Hall–Kier alpha value is -1.81. The summed E-state index contributed by atoms with van der Waals surface area (Å²) in [6.45, 7) is 11.4. The van der Waals surface area contributed by atoms with Crippen LogP contribution in [0, 0.1) is 13.8 Å². The summed E-state index contributed by atoms with van der Waals surface area (Å²) < 4.78 is 2.03. The van der Waals surface area contributed by atoms with Crippen molar-refractivity contribution in [1.82, 2.24) is 14.7 Å². The van der Waals surface area contributed by atoms with Crippen molar-refractivity contribution in [3.05, 3.63) is 47.8 Å². The third-order valence-corrected chi connectivity index (χ3v) is 5.21. The van der Waals surface area contributed by atoms with Crippen molar-refractivity contribution in [2.45, 2.75) is 39.7 Å². The molecule has 0 atom stereocenters. The zero-order valence-electron chi connectivity index (χ0n) is 15.1. The first-order valence-corrected chi connectivity index (χ1v) is 9.25. The fraction of sp³-hybridized carbons (Fsp3) is 0.550. The molecule has 0 amide bonds. The van der Waals surface area contributed by atoms with E-state index in [1.807, 2.05) is 23.1 Å². The van der Waals surface area contributed by atoms with Crippen molar-refractivity contribution in [1.29, 1.82) is 0 Å². The standard InChI is InChI=1S/C20H30N4/c1-18-8-6-9-20(19(18)2)23-16-14-22(15-17-23)11-4-3-5-12-24-13-7-10-21-24/h6-10,13H,3-5,11-12,14-17H2,1-2H3. The van der Waals surface area contributed by atoms with Gasteiger partial charge in [0.25, 0.3) is 0 Å². The second kappa shape index (κ2) is 8.34. The molecule has 4 nitrogen and oxygen atoms in total. The maximum absolute atomic E-state index is 4.25. The molecular weight excluding hydrogens is 296 g/mol. The number of unbranched alkanes of at least 4 members (excludes halogenated alkanes) is 2. The van der Waals surface area contributed by atoms with Gasteiger partial charge in [-0.3, -0.25) is 9.58 Å². The molecule has 1 saturated heterocycles. The molecule has 1 fully saturated rings. The molecule has 1 aliphatic rings. The first-order valence-electron chi connectivity index (χ1n) is 9.25. The quantitative estimate of drug-likeness (QED) is 0.728. The Kier molecular flexibility index (Phi) is 5.91. The molecule has 0 bridgehead atoms. The van der Waals surface area contributed by atoms with Gasteiger partial charge in [0.2, 0.25) is 0 Å². The van der Waals surface area contributed by atoms with Crippen LogP contribution in [-0.4, -0.2) is 47.4 Å². The number of anilines is 1. The normalized spacial score (nSPS) is 15.8. The van der Waals surface area contributed by atoms with E-state index >= 15 is 0 Å². The van der Waals surface area contributed by atoms with Gasteiger partial charge in [-0.05, 0) is 56.5 Å². The van der Waals surface area contributed by atoms with Crippen LogP contribution in [0.1, 0.15) is 30.4 Å². The minimum atomic E-state index is 1.05. The monoisotopic (exact) mass is 326 g/mol. The van der Waals surface area contributed by atoms with Crippen LogP contribution in [0.25, 0.3) is 0 Å². The predicted octanol–water partition coefficient (Wildman–Crippen LogP) is 3.49. The Bertz CT molecular complexity index is 613. The van der Waals surface area contributed by atoms with Crippen LogP contribution in [0.4, 0.5) is 5.69 Å². The van der Waals surface area contributed by atoms with Crippen LogP contribution in [0.5, 0.6) is 0 Å². The second-order valence-corrected chi connectivity index (χ2v) is 6.88. The molecule has 1 aliphatic heterocycles. The molecule has 0 aliphatic carbocycles. The maximum Gasteiger partial charge on any atom is 0.0489 e. The summed E-state index contributed by atoms with van der Waals surface area (Å²) in [4.78, 5) is 5.17. The molecule has 1 aromatic carbocycles. The topological polar surface area (TPSA) is 24.3 Å². The van der Waals surface area contributed by atoms with Gasteiger partial charge in [0.15, 0.2) is 0 Å². The first kappa shape index (κ1) is 17.0. The Morgan fingerprint density at radius 2 is 1.71 bits per heavy atom. The SMILES string of the molecule is Cc1cccc(N2CCN(CCCCCn3cccn3)CC2)c1C. The zero-order valence-corrected chi connectivity index (χ0v) is 15.1. The molecule has 4 heteroatoms. The summed E-state index contributed by atoms with van der Waals surface area (Å²) in [5, 5.41) is 4.25. The van der Waals surface area contributed by atoms with Crippen LogP contribution in [0.3, 0.4) is 0 Å². The van der Waals surface area contributed by atoms with Gasteiger partial charge < -0.3 is 4.90 Å². The molecule has 1 aromatic heterocycles. The highest BCUT2D eigenvalue weighted by Gasteiger charge is 2.18. The van der Waals surface area contributed by atoms with E-state index in [1.165, 1.54) is 55.7 Å². The van der Waals surface area contributed by atoms with E-state index in [-0.39, 0.29) is 0 Å². The predicted molar refractivity (Wildman–Crippen MR) is 101 cm³/mol. The van der Waals surface area contributed by atoms with Gasteiger partial charge in [-0.15, -0.1) is 0 Å². The number of hydrogen-bond donors (Lipinski definition) is 0. The Balaban J connectivity index is 1.35. The van der Waals surface area contributed by atoms with Crippen molar-refractivity contribution in [3.8, 4) is 0 Å². The third kappa shape index (κ3) is 4.38. The largest absolute Gasteiger partial charge is 0.369 e. The fourth-order valence-electron chi connectivity index (χ4n) is 3.51. The van der Waals surface area contributed by atoms with E-state index < -0.39 is 0 Å². The van der Waals surface area contributed by atoms with Gasteiger partial charge in [0, 0.05) is 50.8 Å². The summed E-state index contributed by atoms with van der Waals surface area (Å²) in [7, 11) is 0. The smallest absolute Gasteiger partial charge is 0.0489 e. The van der Waals surface area contributed by atoms with Crippen LogP contribution in [-0.2, 0) is 6.54 Å². The van der Waals surface area contributed by atoms with Crippen molar-refractivity contribution >= 4 is 5.69 Å². The van der Waals surface area contributed by atoms with Crippen molar-refractivity contribution < 1.29 is 0 Å². The molecule has 0 radical (unpaired) electrons. The third-order valence-electron chi connectivity index (χ3n) is 5.21. The average molecular weight is 326 g/mol. The summed E-state index contributed by atoms with van der Waals surface area (Å²) in [6.07, 6.45) is 7.72. The Morgan fingerprint density at radius 3 is 2.46 bits per heavy atom. The molecule has 2 aromatic rings. The molecule has 0 unspecified atom stereocenters. The molecule has 0 saturated carbocycles. The highest BCUT2D eigenvalue weighted by Crippen LogP contribution is 2.23. The molecule has 0 spiro atoms. The van der Waals surface area contributed by atoms with E-state index in [0.29, 0.717) is 0 Å². The first-order chi connectivity index (χ1) is 11.7. The zero-order chi connectivity index (χ0) is 16.8. The lowest BCUT2D eigenvalue weighted by Gasteiger charge is -2.37. The highest BCUT2D eigenvalue weighted by molar-refractivity contribution is 5.56. The van der Waals surface area contributed by atoms with Crippen molar-refractivity contribution in [2.75, 3.05) is 37.6 Å². The lowest BCUT2D eigenvalue weighted by molar-refractivity contribution is 0.251. The molecule has 2 heterocycles. The van der Waals surface area contributed by atoms with E-state index in [0.717, 1.165) is 19.6 Å². The van der Waals surface area contributed by atoms with Crippen molar-refractivity contribution in [3.63, 3.8) is 0 Å². The van der Waals surface area contributed by atoms with Gasteiger partial charge >= 0.3 is 0 Å². The number of aryl methyl sites for hydroxylation is 2. The van der Waals surface area contributed by atoms with E-state index in [9.17, 15) is 0 Å². The van der Waals surface area contributed by atoms with E-state index in [4.69, 9.17) is 0 Å². The Labute approximate surface area is 146 Å². The van der Waals surface area contributed by atoms with Gasteiger partial charge in [0.05, 0.1) is 0 Å². The second-order valence-electron chi connectivity index (χ2n) is 6.88.